The Morgan fingerprint density at radius 3 is 2.87 bits per heavy atom. The van der Waals surface area contributed by atoms with Crippen LogP contribution in [0.5, 0.6) is 0 Å². The predicted molar refractivity (Wildman–Crippen MR) is 62.5 cm³/mol. The van der Waals surface area contributed by atoms with Gasteiger partial charge in [0.15, 0.2) is 0 Å². The first-order chi connectivity index (χ1) is 6.75. The van der Waals surface area contributed by atoms with Crippen molar-refractivity contribution in [1.29, 1.82) is 0 Å². The van der Waals surface area contributed by atoms with E-state index in [1.807, 2.05) is 17.5 Å². The summed E-state index contributed by atoms with van der Waals surface area (Å²) in [5, 5.41) is 13.2. The molecule has 0 fully saturated rings. The van der Waals surface area contributed by atoms with Crippen molar-refractivity contribution in [2.75, 3.05) is 0 Å². The first kappa shape index (κ1) is 12.9. The Bertz CT molecular complexity index is 439. The molecule has 6 heteroatoms. The van der Waals surface area contributed by atoms with Crippen LogP contribution in [-0.4, -0.2) is 45.6 Å². The molecule has 0 spiro atoms. The molecule has 3 nitrogen and oxygen atoms in total. The van der Waals surface area contributed by atoms with Crippen LogP contribution in [0.25, 0.3) is 9.88 Å². The molecule has 0 saturated carbocycles. The number of carbonyl (C=O) groups is 1. The first-order valence-electron chi connectivity index (χ1n) is 3.96. The maximum absolute atomic E-state index is 10.4. The molecule has 2 heterocycles. The van der Waals surface area contributed by atoms with Crippen LogP contribution in [0.3, 0.4) is 0 Å². The van der Waals surface area contributed by atoms with Gasteiger partial charge in [-0.25, -0.2) is 4.98 Å². The summed E-state index contributed by atoms with van der Waals surface area (Å²) in [5.41, 5.74) is 0.630. The van der Waals surface area contributed by atoms with E-state index in [4.69, 9.17) is 5.11 Å². The first-order valence-corrected chi connectivity index (χ1v) is 5.72. The van der Waals surface area contributed by atoms with Crippen LogP contribution in [0.2, 0.25) is 0 Å². The smallest absolute Gasteiger partial charge is 0.309 e. The Kier molecular flexibility index (Phi) is 4.95. The average Bonchev–Trinajstić information content (AvgIpc) is 2.69. The van der Waals surface area contributed by atoms with Gasteiger partial charge in [0.05, 0.1) is 17.0 Å². The topological polar surface area (TPSA) is 50.2 Å². The number of carboxylic acids is 1. The van der Waals surface area contributed by atoms with Gasteiger partial charge in [-0.15, -0.1) is 22.7 Å². The maximum atomic E-state index is 10.4. The van der Waals surface area contributed by atoms with E-state index in [-0.39, 0.29) is 36.0 Å². The van der Waals surface area contributed by atoms with E-state index in [1.165, 1.54) is 11.3 Å². The second kappa shape index (κ2) is 5.77. The van der Waals surface area contributed by atoms with Crippen LogP contribution in [0.1, 0.15) is 5.69 Å². The Morgan fingerprint density at radius 2 is 2.27 bits per heavy atom. The molecule has 0 saturated heterocycles. The molecule has 0 amide bonds. The quantitative estimate of drug-likeness (QED) is 0.846. The zero-order chi connectivity index (χ0) is 9.97. The van der Waals surface area contributed by atoms with Gasteiger partial charge in [0.25, 0.3) is 0 Å². The molecule has 0 aliphatic rings. The van der Waals surface area contributed by atoms with Crippen LogP contribution in [-0.2, 0) is 11.2 Å². The van der Waals surface area contributed by atoms with Gasteiger partial charge >= 0.3 is 5.97 Å². The summed E-state index contributed by atoms with van der Waals surface area (Å²) in [6.07, 6.45) is 0.00186. The molecule has 0 aliphatic heterocycles. The van der Waals surface area contributed by atoms with Gasteiger partial charge in [-0.1, -0.05) is 6.07 Å². The van der Waals surface area contributed by atoms with Crippen molar-refractivity contribution in [3.63, 3.8) is 0 Å². The van der Waals surface area contributed by atoms with Gasteiger partial charge in [-0.3, -0.25) is 4.79 Å². The number of carboxylic acid groups (broad SMARTS) is 1. The van der Waals surface area contributed by atoms with E-state index in [0.29, 0.717) is 5.69 Å². The van der Waals surface area contributed by atoms with Crippen LogP contribution in [0, 0.1) is 0 Å². The fourth-order valence-corrected chi connectivity index (χ4v) is 2.69. The fraction of sp³-hybridized carbons (Fsp3) is 0.111. The van der Waals surface area contributed by atoms with Crippen molar-refractivity contribution in [2.24, 2.45) is 0 Å². The zero-order valence-corrected chi connectivity index (χ0v) is 11.8. The van der Waals surface area contributed by atoms with E-state index in [2.05, 4.69) is 4.98 Å². The zero-order valence-electron chi connectivity index (χ0n) is 8.14. The van der Waals surface area contributed by atoms with Gasteiger partial charge in [-0.05, 0) is 11.4 Å². The van der Waals surface area contributed by atoms with Gasteiger partial charge in [-0.2, -0.15) is 0 Å². The summed E-state index contributed by atoms with van der Waals surface area (Å²) in [5.74, 6) is -0.840. The number of hydrogen-bond donors (Lipinski definition) is 1. The molecule has 15 heavy (non-hydrogen) atoms. The summed E-state index contributed by atoms with van der Waals surface area (Å²) >= 11 is 3.09. The monoisotopic (exact) mass is 248 g/mol. The third-order valence-corrected chi connectivity index (χ3v) is 3.55. The molecular formula is C9H7NNaO2S2. The number of thiazole rings is 1. The molecular weight excluding hydrogens is 241 g/mol. The van der Waals surface area contributed by atoms with Crippen molar-refractivity contribution >= 4 is 58.2 Å². The van der Waals surface area contributed by atoms with Crippen molar-refractivity contribution in [3.05, 3.63) is 28.6 Å². The van der Waals surface area contributed by atoms with Crippen molar-refractivity contribution < 1.29 is 9.90 Å². The van der Waals surface area contributed by atoms with Crippen molar-refractivity contribution in [3.8, 4) is 9.88 Å². The second-order valence-electron chi connectivity index (χ2n) is 2.69. The third-order valence-electron chi connectivity index (χ3n) is 1.62. The Hall–Kier alpha value is -0.200. The van der Waals surface area contributed by atoms with E-state index < -0.39 is 5.97 Å². The maximum Gasteiger partial charge on any atom is 0.309 e. The summed E-state index contributed by atoms with van der Waals surface area (Å²) in [6.45, 7) is 0. The van der Waals surface area contributed by atoms with Crippen LogP contribution in [0.15, 0.2) is 22.9 Å². The molecule has 2 rings (SSSR count). The molecule has 2 aromatic heterocycles. The summed E-state index contributed by atoms with van der Waals surface area (Å²) in [7, 11) is 0. The van der Waals surface area contributed by atoms with Gasteiger partial charge in [0.2, 0.25) is 0 Å². The Balaban J connectivity index is 0.00000112. The standard InChI is InChI=1S/C9H7NO2S2.Na/c11-8(12)4-6-5-14-9(10-6)7-2-1-3-13-7;/h1-3,5H,4H2,(H,11,12);. The predicted octanol–water partition coefficient (Wildman–Crippen LogP) is 2.12. The van der Waals surface area contributed by atoms with E-state index in [0.717, 1.165) is 9.88 Å². The molecule has 0 aromatic carbocycles. The number of nitrogens with zero attached hydrogens (tertiary/aromatic N) is 1. The molecule has 0 bridgehead atoms. The minimum absolute atomic E-state index is 0. The number of hydrogen-bond acceptors (Lipinski definition) is 4. The third kappa shape index (κ3) is 3.39. The van der Waals surface area contributed by atoms with E-state index in [1.54, 1.807) is 16.7 Å². The average molecular weight is 248 g/mol. The van der Waals surface area contributed by atoms with E-state index in [9.17, 15) is 4.79 Å². The van der Waals surface area contributed by atoms with Crippen LogP contribution in [0.4, 0.5) is 0 Å². The largest absolute Gasteiger partial charge is 0.481 e. The molecule has 0 atom stereocenters. The SMILES string of the molecule is O=C(O)Cc1csc(-c2cccs2)n1.[Na]. The minimum atomic E-state index is -0.840. The molecule has 0 unspecified atom stereocenters. The number of rotatable bonds is 3. The van der Waals surface area contributed by atoms with Crippen molar-refractivity contribution in [1.82, 2.24) is 4.98 Å². The molecule has 2 aromatic rings. The molecule has 73 valence electrons. The van der Waals surface area contributed by atoms with Gasteiger partial charge in [0, 0.05) is 34.9 Å². The number of thiophene rings is 1. The summed E-state index contributed by atoms with van der Waals surface area (Å²) in [6, 6.07) is 3.94. The van der Waals surface area contributed by atoms with Crippen molar-refractivity contribution in [2.45, 2.75) is 6.42 Å². The molecule has 1 radical (unpaired) electrons. The second-order valence-corrected chi connectivity index (χ2v) is 4.50. The van der Waals surface area contributed by atoms with E-state index >= 15 is 0 Å². The number of aliphatic carboxylic acids is 1. The summed E-state index contributed by atoms with van der Waals surface area (Å²) < 4.78 is 0. The van der Waals surface area contributed by atoms with Gasteiger partial charge < -0.3 is 5.11 Å². The Labute approximate surface area is 117 Å². The van der Waals surface area contributed by atoms with Crippen LogP contribution < -0.4 is 0 Å². The normalized spacial score (nSPS) is 9.60. The van der Waals surface area contributed by atoms with Crippen LogP contribution >= 0.6 is 22.7 Å². The van der Waals surface area contributed by atoms with Gasteiger partial charge in [0.1, 0.15) is 5.01 Å². The Morgan fingerprint density at radius 1 is 1.47 bits per heavy atom. The molecule has 0 aliphatic carbocycles. The fourth-order valence-electron chi connectivity index (χ4n) is 1.06. The molecule has 1 N–H and O–H groups in total. The summed E-state index contributed by atoms with van der Waals surface area (Å²) in [4.78, 5) is 15.8. The number of aromatic nitrogens is 1. The minimum Gasteiger partial charge on any atom is -0.481 e.